The standard InChI is InChI=1S/C18H15F3N4O2S/c19-18(20,21)15-12-7-10(4-5-13(12)24-25-15)17(26)27-8-11-9-28-16(23-11)14-3-1-2-6-22-14/h1-3,6,9-10H,4-5,7-8H2,(H,24,25). The Morgan fingerprint density at radius 3 is 2.96 bits per heavy atom. The van der Waals surface area contributed by atoms with Crippen molar-refractivity contribution in [3.8, 4) is 10.7 Å². The van der Waals surface area contributed by atoms with E-state index in [-0.39, 0.29) is 18.6 Å². The number of alkyl halides is 3. The van der Waals surface area contributed by atoms with Gasteiger partial charge in [0.25, 0.3) is 0 Å². The summed E-state index contributed by atoms with van der Waals surface area (Å²) < 4.78 is 44.4. The zero-order chi connectivity index (χ0) is 19.7. The summed E-state index contributed by atoms with van der Waals surface area (Å²) in [5.74, 6) is -1.15. The molecule has 3 heterocycles. The molecule has 0 fully saturated rings. The van der Waals surface area contributed by atoms with E-state index in [0.29, 0.717) is 29.2 Å². The predicted molar refractivity (Wildman–Crippen MR) is 94.2 cm³/mol. The lowest BCUT2D eigenvalue weighted by Crippen LogP contribution is -2.25. The van der Waals surface area contributed by atoms with Gasteiger partial charge in [-0.3, -0.25) is 14.9 Å². The molecule has 1 atom stereocenters. The number of aryl methyl sites for hydroxylation is 1. The summed E-state index contributed by atoms with van der Waals surface area (Å²) in [5, 5.41) is 8.29. The third-order valence-corrected chi connectivity index (χ3v) is 5.46. The van der Waals surface area contributed by atoms with E-state index in [9.17, 15) is 18.0 Å². The Kier molecular flexibility index (Phi) is 4.88. The predicted octanol–water partition coefficient (Wildman–Crippen LogP) is 3.80. The minimum absolute atomic E-state index is 0.0248. The van der Waals surface area contributed by atoms with Crippen LogP contribution in [-0.4, -0.2) is 26.1 Å². The molecule has 0 saturated heterocycles. The summed E-state index contributed by atoms with van der Waals surface area (Å²) in [5.41, 5.74) is 0.862. The molecule has 3 aromatic rings. The van der Waals surface area contributed by atoms with Gasteiger partial charge < -0.3 is 4.74 Å². The van der Waals surface area contributed by atoms with Crippen molar-refractivity contribution in [3.63, 3.8) is 0 Å². The van der Waals surface area contributed by atoms with E-state index >= 15 is 0 Å². The summed E-state index contributed by atoms with van der Waals surface area (Å²) in [4.78, 5) is 21.0. The Bertz CT molecular complexity index is 984. The van der Waals surface area contributed by atoms with E-state index in [1.165, 1.54) is 11.3 Å². The number of H-pyrrole nitrogens is 1. The van der Waals surface area contributed by atoms with E-state index in [1.54, 1.807) is 17.6 Å². The fourth-order valence-corrected chi connectivity index (χ4v) is 3.95. The van der Waals surface area contributed by atoms with E-state index in [0.717, 1.165) is 5.69 Å². The van der Waals surface area contributed by atoms with Gasteiger partial charge in [0.15, 0.2) is 5.69 Å². The van der Waals surface area contributed by atoms with Gasteiger partial charge in [0.05, 0.1) is 17.3 Å². The lowest BCUT2D eigenvalue weighted by Gasteiger charge is -2.21. The van der Waals surface area contributed by atoms with Crippen LogP contribution in [0.4, 0.5) is 13.2 Å². The van der Waals surface area contributed by atoms with Crippen LogP contribution in [0, 0.1) is 5.92 Å². The minimum atomic E-state index is -4.54. The molecule has 0 saturated carbocycles. The first-order chi connectivity index (χ1) is 13.4. The largest absolute Gasteiger partial charge is 0.459 e. The number of hydrogen-bond donors (Lipinski definition) is 1. The summed E-state index contributed by atoms with van der Waals surface area (Å²) >= 11 is 1.38. The molecular formula is C18H15F3N4O2S. The SMILES string of the molecule is O=C(OCc1csc(-c2ccccn2)n1)C1CCc2[nH]nc(C(F)(F)F)c2C1. The van der Waals surface area contributed by atoms with Gasteiger partial charge in [-0.15, -0.1) is 11.3 Å². The minimum Gasteiger partial charge on any atom is -0.459 e. The highest BCUT2D eigenvalue weighted by Gasteiger charge is 2.40. The maximum absolute atomic E-state index is 13.0. The first kappa shape index (κ1) is 18.6. The normalized spacial score (nSPS) is 16.6. The third-order valence-electron chi connectivity index (χ3n) is 4.55. The first-order valence-corrected chi connectivity index (χ1v) is 9.45. The van der Waals surface area contributed by atoms with Crippen LogP contribution in [0.25, 0.3) is 10.7 Å². The number of thiazole rings is 1. The van der Waals surface area contributed by atoms with Crippen molar-refractivity contribution in [1.82, 2.24) is 20.2 Å². The van der Waals surface area contributed by atoms with Gasteiger partial charge in [-0.05, 0) is 31.4 Å². The highest BCUT2D eigenvalue weighted by Crippen LogP contribution is 2.36. The number of esters is 1. The van der Waals surface area contributed by atoms with Crippen molar-refractivity contribution >= 4 is 17.3 Å². The zero-order valence-corrected chi connectivity index (χ0v) is 15.3. The average Bonchev–Trinajstić information content (AvgIpc) is 3.33. The Morgan fingerprint density at radius 1 is 1.36 bits per heavy atom. The Hall–Kier alpha value is -2.75. The summed E-state index contributed by atoms with van der Waals surface area (Å²) in [6.07, 6.45) is -2.16. The number of hydrogen-bond acceptors (Lipinski definition) is 6. The van der Waals surface area contributed by atoms with E-state index < -0.39 is 23.8 Å². The number of pyridine rings is 1. The van der Waals surface area contributed by atoms with Gasteiger partial charge >= 0.3 is 12.1 Å². The topological polar surface area (TPSA) is 80.8 Å². The van der Waals surface area contributed by atoms with Crippen LogP contribution in [0.5, 0.6) is 0 Å². The number of aromatic nitrogens is 4. The molecule has 0 bridgehead atoms. The maximum Gasteiger partial charge on any atom is 0.435 e. The molecule has 0 aromatic carbocycles. The number of fused-ring (bicyclic) bond motifs is 1. The quantitative estimate of drug-likeness (QED) is 0.665. The fraction of sp³-hybridized carbons (Fsp3) is 0.333. The van der Waals surface area contributed by atoms with Gasteiger partial charge in [-0.25, -0.2) is 4.98 Å². The fourth-order valence-electron chi connectivity index (χ4n) is 3.17. The number of halogens is 3. The van der Waals surface area contributed by atoms with E-state index in [4.69, 9.17) is 4.74 Å². The van der Waals surface area contributed by atoms with Gasteiger partial charge in [0.2, 0.25) is 0 Å². The molecule has 10 heteroatoms. The lowest BCUT2D eigenvalue weighted by atomic mass is 9.86. The number of nitrogens with zero attached hydrogens (tertiary/aromatic N) is 3. The summed E-state index contributed by atoms with van der Waals surface area (Å²) in [6, 6.07) is 5.49. The highest BCUT2D eigenvalue weighted by molar-refractivity contribution is 7.13. The number of aromatic amines is 1. The molecule has 1 aliphatic rings. The molecule has 0 radical (unpaired) electrons. The summed E-state index contributed by atoms with van der Waals surface area (Å²) in [6.45, 7) is -0.0248. The smallest absolute Gasteiger partial charge is 0.435 e. The second-order valence-corrected chi connectivity index (χ2v) is 7.29. The molecule has 3 aromatic heterocycles. The molecular weight excluding hydrogens is 393 g/mol. The molecule has 6 nitrogen and oxygen atoms in total. The number of ether oxygens (including phenoxy) is 1. The van der Waals surface area contributed by atoms with Crippen molar-refractivity contribution < 1.29 is 22.7 Å². The molecule has 146 valence electrons. The number of nitrogens with one attached hydrogen (secondary N) is 1. The van der Waals surface area contributed by atoms with E-state index in [1.807, 2.05) is 12.1 Å². The van der Waals surface area contributed by atoms with Gasteiger partial charge in [0, 0.05) is 22.8 Å². The van der Waals surface area contributed by atoms with Crippen LogP contribution in [0.1, 0.15) is 29.1 Å². The number of rotatable bonds is 4. The molecule has 0 spiro atoms. The molecule has 0 amide bonds. The number of carbonyl (C=O) groups is 1. The first-order valence-electron chi connectivity index (χ1n) is 8.57. The van der Waals surface area contributed by atoms with Crippen LogP contribution in [0.3, 0.4) is 0 Å². The van der Waals surface area contributed by atoms with Crippen LogP contribution in [-0.2, 0) is 35.2 Å². The molecule has 1 aliphatic carbocycles. The van der Waals surface area contributed by atoms with Gasteiger partial charge in [-0.1, -0.05) is 6.07 Å². The summed E-state index contributed by atoms with van der Waals surface area (Å²) in [7, 11) is 0. The van der Waals surface area contributed by atoms with Crippen molar-refractivity contribution in [2.24, 2.45) is 5.92 Å². The molecule has 0 aliphatic heterocycles. The monoisotopic (exact) mass is 408 g/mol. The molecule has 4 rings (SSSR count). The van der Waals surface area contributed by atoms with Gasteiger partial charge in [-0.2, -0.15) is 18.3 Å². The highest BCUT2D eigenvalue weighted by atomic mass is 32.1. The second-order valence-electron chi connectivity index (χ2n) is 6.43. The third kappa shape index (κ3) is 3.77. The maximum atomic E-state index is 13.0. The van der Waals surface area contributed by atoms with Crippen LogP contribution in [0.2, 0.25) is 0 Å². The second kappa shape index (κ2) is 7.34. The zero-order valence-electron chi connectivity index (χ0n) is 14.5. The van der Waals surface area contributed by atoms with Crippen LogP contribution < -0.4 is 0 Å². The Morgan fingerprint density at radius 2 is 2.21 bits per heavy atom. The lowest BCUT2D eigenvalue weighted by molar-refractivity contribution is -0.151. The molecule has 28 heavy (non-hydrogen) atoms. The molecule has 1 N–H and O–H groups in total. The van der Waals surface area contributed by atoms with Gasteiger partial charge in [0.1, 0.15) is 11.6 Å². The Labute approximate surface area is 161 Å². The molecule has 1 unspecified atom stereocenters. The Balaban J connectivity index is 1.39. The number of carbonyl (C=O) groups excluding carboxylic acids is 1. The van der Waals surface area contributed by atoms with Crippen molar-refractivity contribution in [2.45, 2.75) is 32.0 Å². The van der Waals surface area contributed by atoms with Crippen molar-refractivity contribution in [3.05, 3.63) is 52.4 Å². The van der Waals surface area contributed by atoms with Crippen molar-refractivity contribution in [2.75, 3.05) is 0 Å². The van der Waals surface area contributed by atoms with Crippen LogP contribution in [0.15, 0.2) is 29.8 Å². The van der Waals surface area contributed by atoms with Crippen molar-refractivity contribution in [1.29, 1.82) is 0 Å². The van der Waals surface area contributed by atoms with Crippen LogP contribution >= 0.6 is 11.3 Å². The van der Waals surface area contributed by atoms with E-state index in [2.05, 4.69) is 20.2 Å². The average molecular weight is 408 g/mol.